The van der Waals surface area contributed by atoms with Crippen LogP contribution in [0.1, 0.15) is 18.1 Å². The highest BCUT2D eigenvalue weighted by Crippen LogP contribution is 2.27. The summed E-state index contributed by atoms with van der Waals surface area (Å²) >= 11 is 0. The maximum atomic E-state index is 14.0. The lowest BCUT2D eigenvalue weighted by atomic mass is 10.1. The average molecular weight is 425 g/mol. The van der Waals surface area contributed by atoms with Gasteiger partial charge in [-0.25, -0.2) is 9.37 Å². The quantitative estimate of drug-likeness (QED) is 0.411. The van der Waals surface area contributed by atoms with Gasteiger partial charge in [0.2, 0.25) is 0 Å². The molecule has 8 heteroatoms. The minimum atomic E-state index is -0.305. The van der Waals surface area contributed by atoms with Gasteiger partial charge in [-0.05, 0) is 55.3 Å². The minimum Gasteiger partial charge on any atom is -0.336 e. The summed E-state index contributed by atoms with van der Waals surface area (Å²) in [5.41, 5.74) is 6.22. The van der Waals surface area contributed by atoms with Crippen LogP contribution in [0.4, 0.5) is 4.39 Å². The van der Waals surface area contributed by atoms with Crippen molar-refractivity contribution in [3.05, 3.63) is 76.4 Å². The Morgan fingerprint density at radius 3 is 2.84 bits per heavy atom. The summed E-state index contributed by atoms with van der Waals surface area (Å²) in [5, 5.41) is 15.7. The molecule has 0 radical (unpaired) electrons. The first kappa shape index (κ1) is 19.6. The van der Waals surface area contributed by atoms with E-state index in [2.05, 4.69) is 36.9 Å². The van der Waals surface area contributed by atoms with E-state index < -0.39 is 0 Å². The number of rotatable bonds is 4. The highest BCUT2D eigenvalue weighted by atomic mass is 19.1. The molecule has 0 amide bonds. The normalized spacial score (nSPS) is 12.7. The Bertz CT molecular complexity index is 1550. The number of pyridine rings is 1. The first-order valence-electron chi connectivity index (χ1n) is 10.0. The van der Waals surface area contributed by atoms with E-state index in [4.69, 9.17) is 4.98 Å². The summed E-state index contributed by atoms with van der Waals surface area (Å²) in [5.74, 6) is 0.264. The Balaban J connectivity index is 1.57. The smallest absolute Gasteiger partial charge is 0.159 e. The standard InChI is InChI=1S/C24H20FN7/c1-13-8-16(10-18(25)9-13)22-23-20(6-7-26-22)29-24(30-23)21-15(3)19(31-32-21)5-4-14(2)17-11-27-28-12-17/h4-12,31H,3H2,1-2H3,(H,27,28)(H,29,30)/b14-4+,19-5+. The molecule has 0 aliphatic carbocycles. The number of aromatic nitrogens is 7. The summed E-state index contributed by atoms with van der Waals surface area (Å²) in [6.45, 7) is 8.03. The number of nitrogens with one attached hydrogen (secondary N) is 3. The number of fused-ring (bicyclic) bond motifs is 1. The van der Waals surface area contributed by atoms with Crippen LogP contribution in [0.5, 0.6) is 0 Å². The third-order valence-corrected chi connectivity index (χ3v) is 5.29. The predicted octanol–water partition coefficient (Wildman–Crippen LogP) is 3.48. The third kappa shape index (κ3) is 3.51. The van der Waals surface area contributed by atoms with E-state index in [-0.39, 0.29) is 5.82 Å². The van der Waals surface area contributed by atoms with Crippen molar-refractivity contribution < 1.29 is 4.39 Å². The molecule has 7 nitrogen and oxygen atoms in total. The Morgan fingerprint density at radius 2 is 2.06 bits per heavy atom. The van der Waals surface area contributed by atoms with E-state index >= 15 is 0 Å². The molecule has 158 valence electrons. The molecule has 32 heavy (non-hydrogen) atoms. The number of benzene rings is 1. The lowest BCUT2D eigenvalue weighted by Crippen LogP contribution is -2.21. The van der Waals surface area contributed by atoms with Crippen molar-refractivity contribution in [3.63, 3.8) is 0 Å². The van der Waals surface area contributed by atoms with Crippen molar-refractivity contribution in [1.82, 2.24) is 35.3 Å². The van der Waals surface area contributed by atoms with Crippen LogP contribution in [0.25, 0.3) is 52.0 Å². The number of hydrogen-bond donors (Lipinski definition) is 3. The largest absolute Gasteiger partial charge is 0.336 e. The maximum Gasteiger partial charge on any atom is 0.159 e. The fourth-order valence-corrected chi connectivity index (χ4v) is 3.62. The first-order valence-corrected chi connectivity index (χ1v) is 10.0. The van der Waals surface area contributed by atoms with Crippen LogP contribution in [0.2, 0.25) is 0 Å². The van der Waals surface area contributed by atoms with Crippen molar-refractivity contribution in [2.45, 2.75) is 13.8 Å². The monoisotopic (exact) mass is 425 g/mol. The van der Waals surface area contributed by atoms with E-state index in [9.17, 15) is 4.39 Å². The van der Waals surface area contributed by atoms with Crippen LogP contribution in [-0.2, 0) is 0 Å². The zero-order valence-corrected chi connectivity index (χ0v) is 17.6. The van der Waals surface area contributed by atoms with Gasteiger partial charge in [-0.3, -0.25) is 15.2 Å². The van der Waals surface area contributed by atoms with Gasteiger partial charge in [-0.15, -0.1) is 0 Å². The predicted molar refractivity (Wildman–Crippen MR) is 123 cm³/mol. The number of hydrogen-bond acceptors (Lipinski definition) is 4. The molecule has 3 N–H and O–H groups in total. The fourth-order valence-electron chi connectivity index (χ4n) is 3.62. The first-order chi connectivity index (χ1) is 15.5. The van der Waals surface area contributed by atoms with Crippen molar-refractivity contribution in [2.75, 3.05) is 0 Å². The third-order valence-electron chi connectivity index (χ3n) is 5.29. The summed E-state index contributed by atoms with van der Waals surface area (Å²) in [6, 6.07) is 6.68. The molecule has 5 aromatic rings. The van der Waals surface area contributed by atoms with Gasteiger partial charge in [0.05, 0.1) is 22.8 Å². The van der Waals surface area contributed by atoms with Gasteiger partial charge < -0.3 is 4.98 Å². The lowest BCUT2D eigenvalue weighted by molar-refractivity contribution is 0.627. The van der Waals surface area contributed by atoms with Crippen LogP contribution < -0.4 is 10.6 Å². The molecular formula is C24H20FN7. The van der Waals surface area contributed by atoms with Gasteiger partial charge in [-0.1, -0.05) is 12.7 Å². The minimum absolute atomic E-state index is 0.305. The molecule has 5 rings (SSSR count). The van der Waals surface area contributed by atoms with E-state index in [0.717, 1.165) is 32.8 Å². The Labute approximate surface area is 182 Å². The van der Waals surface area contributed by atoms with Crippen LogP contribution in [0.3, 0.4) is 0 Å². The molecule has 4 heterocycles. The maximum absolute atomic E-state index is 14.0. The number of aromatic amines is 3. The zero-order valence-electron chi connectivity index (χ0n) is 17.6. The van der Waals surface area contributed by atoms with Crippen molar-refractivity contribution in [2.24, 2.45) is 0 Å². The number of aryl methyl sites for hydroxylation is 1. The highest BCUT2D eigenvalue weighted by Gasteiger charge is 2.14. The molecule has 0 atom stereocenters. The number of halogens is 1. The summed E-state index contributed by atoms with van der Waals surface area (Å²) in [6.07, 6.45) is 9.18. The molecule has 0 saturated heterocycles. The van der Waals surface area contributed by atoms with E-state index in [1.54, 1.807) is 12.4 Å². The van der Waals surface area contributed by atoms with Gasteiger partial charge in [0, 0.05) is 28.7 Å². The zero-order chi connectivity index (χ0) is 22.2. The van der Waals surface area contributed by atoms with Crippen LogP contribution in [0.15, 0.2) is 48.9 Å². The number of allylic oxidation sites excluding steroid dienone is 2. The topological polar surface area (TPSA) is 98.9 Å². The average Bonchev–Trinajstić information content (AvgIpc) is 3.50. The fraction of sp³-hybridized carbons (Fsp3) is 0.0833. The molecule has 0 bridgehead atoms. The van der Waals surface area contributed by atoms with Crippen LogP contribution >= 0.6 is 0 Å². The van der Waals surface area contributed by atoms with E-state index in [1.165, 1.54) is 12.1 Å². The van der Waals surface area contributed by atoms with Gasteiger partial charge in [0.1, 0.15) is 17.0 Å². The number of imidazole rings is 1. The molecule has 0 aliphatic rings. The van der Waals surface area contributed by atoms with Gasteiger partial charge in [0.25, 0.3) is 0 Å². The molecular weight excluding hydrogens is 405 g/mol. The number of nitrogens with zero attached hydrogens (tertiary/aromatic N) is 4. The molecule has 0 saturated carbocycles. The van der Waals surface area contributed by atoms with Crippen LogP contribution in [-0.4, -0.2) is 35.3 Å². The highest BCUT2D eigenvalue weighted by molar-refractivity contribution is 5.91. The number of H-pyrrole nitrogens is 3. The SMILES string of the molecule is C=c1c(-c2nc3c(-c4cc(C)cc(F)c4)nccc3[nH]2)n[nH]/c1=C/C=C(\C)c1cn[nH]c1. The molecule has 0 spiro atoms. The molecule has 0 fully saturated rings. The van der Waals surface area contributed by atoms with Crippen LogP contribution in [0, 0.1) is 12.7 Å². The Hall–Kier alpha value is -4.33. The Kier molecular flexibility index (Phi) is 4.74. The Morgan fingerprint density at radius 1 is 1.19 bits per heavy atom. The lowest BCUT2D eigenvalue weighted by Gasteiger charge is -2.03. The molecule has 0 unspecified atom stereocenters. The summed E-state index contributed by atoms with van der Waals surface area (Å²) < 4.78 is 14.0. The van der Waals surface area contributed by atoms with E-state index in [0.29, 0.717) is 28.3 Å². The second-order valence-electron chi connectivity index (χ2n) is 7.63. The second-order valence-corrected chi connectivity index (χ2v) is 7.63. The van der Waals surface area contributed by atoms with Crippen molar-refractivity contribution >= 4 is 29.3 Å². The van der Waals surface area contributed by atoms with Gasteiger partial charge in [-0.2, -0.15) is 10.2 Å². The van der Waals surface area contributed by atoms with E-state index in [1.807, 2.05) is 44.3 Å². The second kappa shape index (κ2) is 7.73. The van der Waals surface area contributed by atoms with Gasteiger partial charge >= 0.3 is 0 Å². The van der Waals surface area contributed by atoms with Gasteiger partial charge in [0.15, 0.2) is 5.82 Å². The van der Waals surface area contributed by atoms with Crippen molar-refractivity contribution in [3.8, 4) is 22.8 Å². The molecule has 1 aromatic carbocycles. The molecule has 0 aliphatic heterocycles. The summed E-state index contributed by atoms with van der Waals surface area (Å²) in [4.78, 5) is 12.5. The molecule has 4 aromatic heterocycles. The summed E-state index contributed by atoms with van der Waals surface area (Å²) in [7, 11) is 0. The van der Waals surface area contributed by atoms with Crippen molar-refractivity contribution in [1.29, 1.82) is 0 Å².